The van der Waals surface area contributed by atoms with Crippen molar-refractivity contribution < 1.29 is 134 Å². The number of hydrogen-bond acceptors (Lipinski definition) is 25. The summed E-state index contributed by atoms with van der Waals surface area (Å²) in [4.78, 5) is 25.5. The molecule has 0 aromatic carbocycles. The van der Waals surface area contributed by atoms with E-state index in [1.54, 1.807) is 27.7 Å². The van der Waals surface area contributed by atoms with E-state index in [9.17, 15) is 91.3 Å². The Morgan fingerprint density at radius 2 is 1.04 bits per heavy atom. The molecule has 74 heavy (non-hydrogen) atoms. The van der Waals surface area contributed by atoms with Crippen LogP contribution in [0.25, 0.3) is 0 Å². The molecule has 0 aromatic heterocycles. The van der Waals surface area contributed by atoms with Crippen molar-refractivity contribution in [2.45, 2.75) is 215 Å². The van der Waals surface area contributed by atoms with Gasteiger partial charge in [-0.25, -0.2) is 9.59 Å². The van der Waals surface area contributed by atoms with Gasteiger partial charge in [-0.2, -0.15) is 0 Å². The van der Waals surface area contributed by atoms with Crippen LogP contribution in [0, 0.1) is 35.5 Å². The average molecular weight is 1080 g/mol. The van der Waals surface area contributed by atoms with Crippen LogP contribution in [0.5, 0.6) is 0 Å². The van der Waals surface area contributed by atoms with Gasteiger partial charge in [0.05, 0.1) is 81.4 Å². The van der Waals surface area contributed by atoms with Gasteiger partial charge in [0.15, 0.2) is 6.29 Å². The van der Waals surface area contributed by atoms with Crippen molar-refractivity contribution in [3.8, 4) is 0 Å². The summed E-state index contributed by atoms with van der Waals surface area (Å²) in [6.07, 6.45) is -32.0. The number of aliphatic hydroxyl groups is 15. The van der Waals surface area contributed by atoms with E-state index in [1.807, 2.05) is 20.8 Å². The number of carboxylic acids is 2. The van der Waals surface area contributed by atoms with E-state index in [0.29, 0.717) is 0 Å². The predicted octanol–water partition coefficient (Wildman–Crippen LogP) is -5.66. The van der Waals surface area contributed by atoms with Crippen molar-refractivity contribution in [3.05, 3.63) is 0 Å². The molecule has 27 heteroatoms. The number of rotatable bonds is 19. The average Bonchev–Trinajstić information content (AvgIpc) is 3.35. The first kappa shape index (κ1) is 64.5. The van der Waals surface area contributed by atoms with Crippen LogP contribution >= 0.6 is 0 Å². The molecule has 27 nitrogen and oxygen atoms in total. The van der Waals surface area contributed by atoms with Crippen LogP contribution < -0.4 is 0 Å². The maximum absolute atomic E-state index is 12.8. The van der Waals surface area contributed by atoms with Gasteiger partial charge in [0.1, 0.15) is 73.2 Å². The van der Waals surface area contributed by atoms with Crippen LogP contribution in [0.4, 0.5) is 0 Å². The largest absolute Gasteiger partial charge is 0.477 e. The van der Waals surface area contributed by atoms with Gasteiger partial charge in [0.2, 0.25) is 0 Å². The fourth-order valence-electron chi connectivity index (χ4n) is 10.4. The Morgan fingerprint density at radius 3 is 1.49 bits per heavy atom. The maximum Gasteiger partial charge on any atom is 0.364 e. The quantitative estimate of drug-likeness (QED) is 0.0573. The van der Waals surface area contributed by atoms with Gasteiger partial charge in [0, 0.05) is 36.5 Å². The first-order valence-corrected chi connectivity index (χ1v) is 25.1. The van der Waals surface area contributed by atoms with Gasteiger partial charge in [0.25, 0.3) is 11.6 Å². The number of aliphatic carboxylic acids is 2. The van der Waals surface area contributed by atoms with E-state index < -0.39 is 202 Å². The third-order valence-corrected chi connectivity index (χ3v) is 15.9. The van der Waals surface area contributed by atoms with Gasteiger partial charge in [-0.1, -0.05) is 55.4 Å². The monoisotopic (exact) mass is 1080 g/mol. The third-order valence-electron chi connectivity index (χ3n) is 15.9. The van der Waals surface area contributed by atoms with Crippen LogP contribution in [-0.4, -0.2) is 271 Å². The van der Waals surface area contributed by atoms with Crippen LogP contribution in [0.1, 0.15) is 75.2 Å². The van der Waals surface area contributed by atoms with Crippen LogP contribution in [0.3, 0.4) is 0 Å². The van der Waals surface area contributed by atoms with E-state index >= 15 is 0 Å². The van der Waals surface area contributed by atoms with E-state index in [0.717, 1.165) is 0 Å². The first-order valence-electron chi connectivity index (χ1n) is 25.1. The number of carbonyl (C=O) groups is 2. The SMILES string of the molecule is CC(C)C1(C)OC(CO[C@]2(C(=O)O)C[C@@H](O)[C@@H](C)C([C@@H](O)[C@H](O)CO)O2)C(O)[C@H](O[C@@H]2OC(CO)[C@H](O)[C@H](O[C@]3(C(=O)O)C[C@@H](O)[C@@H](C)C([C@@H](O)[C@H](O)CO)O3)C2O)[C@@H]1C.CC(C)C1OC(CO)C(O)[C@H](O)[C@@H]1C. The Labute approximate surface area is 428 Å². The second-order valence-corrected chi connectivity index (χ2v) is 21.4. The lowest BCUT2D eigenvalue weighted by atomic mass is 9.73. The van der Waals surface area contributed by atoms with E-state index in [2.05, 4.69) is 0 Å². The minimum absolute atomic E-state index is 0.104. The molecule has 5 rings (SSSR count). The van der Waals surface area contributed by atoms with Crippen LogP contribution in [-0.2, 0) is 47.5 Å². The zero-order chi connectivity index (χ0) is 56.3. The molecule has 27 atom stereocenters. The van der Waals surface area contributed by atoms with Crippen molar-refractivity contribution in [2.24, 2.45) is 35.5 Å². The molecule has 5 heterocycles. The molecular formula is C47H84O27. The van der Waals surface area contributed by atoms with Crippen molar-refractivity contribution in [2.75, 3.05) is 33.0 Å². The lowest BCUT2D eigenvalue weighted by Gasteiger charge is -2.54. The molecule has 0 aromatic rings. The van der Waals surface area contributed by atoms with E-state index in [-0.39, 0.29) is 30.5 Å². The highest BCUT2D eigenvalue weighted by molar-refractivity contribution is 5.76. The molecule has 5 fully saturated rings. The Morgan fingerprint density at radius 1 is 0.581 bits per heavy atom. The van der Waals surface area contributed by atoms with Crippen molar-refractivity contribution in [3.63, 3.8) is 0 Å². The Balaban J connectivity index is 0.000000729. The Kier molecular flexibility index (Phi) is 23.0. The number of carboxylic acid groups (broad SMARTS) is 2. The van der Waals surface area contributed by atoms with Crippen molar-refractivity contribution in [1.29, 1.82) is 0 Å². The zero-order valence-electron chi connectivity index (χ0n) is 43.1. The highest BCUT2D eigenvalue weighted by atomic mass is 16.8. The van der Waals surface area contributed by atoms with Crippen molar-refractivity contribution in [1.82, 2.24) is 0 Å². The summed E-state index contributed by atoms with van der Waals surface area (Å²) >= 11 is 0. The van der Waals surface area contributed by atoms with Gasteiger partial charge >= 0.3 is 11.9 Å². The zero-order valence-corrected chi connectivity index (χ0v) is 43.1. The molecule has 0 aliphatic carbocycles. The lowest BCUT2D eigenvalue weighted by molar-refractivity contribution is -0.386. The highest BCUT2D eigenvalue weighted by Gasteiger charge is 2.61. The van der Waals surface area contributed by atoms with Crippen LogP contribution in [0.15, 0.2) is 0 Å². The molecule has 5 aliphatic rings. The number of ether oxygens (including phenoxy) is 8. The molecular weight excluding hydrogens is 996 g/mol. The third kappa shape index (κ3) is 13.4. The molecule has 5 saturated heterocycles. The Bertz CT molecular complexity index is 1760. The standard InChI is InChI=1S/C37H64O23.C10H20O4/c1-13(2)35(6)16(5)30(26(48)22(57-35)12-54-36(33(50)51)7-17(41)14(3)28(58-36)23(45)19(43)9-38)56-32-27(49)31(25(47)21(11-40)55-32)60-37(34(52)53)8-18(42)15(4)29(59-37)24(46)20(44)10-39;1-5(2)10-6(3)8(12)9(13)7(4-11)14-10/h13-32,38-49H,7-12H2,1-6H3,(H,50,51)(H,52,53);5-13H,4H2,1-3H3/t14-,15-,16+,17-,18-,19-,20-,21?,22?,23+,24+,25+,26?,27?,28?,29?,30-,31+,32+,35?,36-,37+;6-,7?,8+,9?,10?/m10/s1. The summed E-state index contributed by atoms with van der Waals surface area (Å²) in [6, 6.07) is 0. The summed E-state index contributed by atoms with van der Waals surface area (Å²) in [6.45, 7) is 11.6. The van der Waals surface area contributed by atoms with Crippen LogP contribution in [0.2, 0.25) is 0 Å². The summed E-state index contributed by atoms with van der Waals surface area (Å²) in [7, 11) is 0. The normalized spacial score (nSPS) is 45.8. The molecule has 17 N–H and O–H groups in total. The molecule has 0 saturated carbocycles. The molecule has 434 valence electrons. The predicted molar refractivity (Wildman–Crippen MR) is 247 cm³/mol. The minimum atomic E-state index is -2.91. The van der Waals surface area contributed by atoms with Gasteiger partial charge in [-0.3, -0.25) is 0 Å². The van der Waals surface area contributed by atoms with Gasteiger partial charge < -0.3 is 125 Å². The molecule has 5 aliphatic heterocycles. The fraction of sp³-hybridized carbons (Fsp3) is 0.957. The van der Waals surface area contributed by atoms with E-state index in [1.165, 1.54) is 13.8 Å². The summed E-state index contributed by atoms with van der Waals surface area (Å²) in [5.41, 5.74) is -1.23. The van der Waals surface area contributed by atoms with Gasteiger partial charge in [-0.15, -0.1) is 0 Å². The molecule has 0 spiro atoms. The second kappa shape index (κ2) is 26.3. The molecule has 10 unspecified atom stereocenters. The number of aliphatic hydroxyl groups excluding tert-OH is 15. The summed E-state index contributed by atoms with van der Waals surface area (Å²) in [5, 5.41) is 176. The van der Waals surface area contributed by atoms with E-state index in [4.69, 9.17) is 43.0 Å². The minimum Gasteiger partial charge on any atom is -0.477 e. The summed E-state index contributed by atoms with van der Waals surface area (Å²) in [5.74, 6) is -12.2. The first-order chi connectivity index (χ1) is 34.3. The molecule has 0 radical (unpaired) electrons. The maximum atomic E-state index is 12.8. The molecule has 0 bridgehead atoms. The lowest BCUT2D eigenvalue weighted by Crippen LogP contribution is -2.68. The molecule has 0 amide bonds. The topological polar surface area (TPSA) is 452 Å². The summed E-state index contributed by atoms with van der Waals surface area (Å²) < 4.78 is 46.7. The van der Waals surface area contributed by atoms with Crippen molar-refractivity contribution >= 4 is 11.9 Å². The highest BCUT2D eigenvalue weighted by Crippen LogP contribution is 2.45. The number of hydrogen-bond donors (Lipinski definition) is 17. The Hall–Kier alpha value is -1.98. The van der Waals surface area contributed by atoms with Gasteiger partial charge in [-0.05, 0) is 18.8 Å². The second-order valence-electron chi connectivity index (χ2n) is 21.4. The fourth-order valence-corrected chi connectivity index (χ4v) is 10.4. The smallest absolute Gasteiger partial charge is 0.364 e.